The van der Waals surface area contributed by atoms with Gasteiger partial charge in [0.1, 0.15) is 11.6 Å². The molecule has 0 saturated heterocycles. The van der Waals surface area contributed by atoms with Crippen LogP contribution in [-0.4, -0.2) is 37.8 Å². The lowest BCUT2D eigenvalue weighted by atomic mass is 9.97. The molecule has 0 spiro atoms. The van der Waals surface area contributed by atoms with Crippen LogP contribution >= 0.6 is 0 Å². The van der Waals surface area contributed by atoms with E-state index in [4.69, 9.17) is 0 Å². The molecule has 1 amide bonds. The molecule has 1 saturated carbocycles. The largest absolute Gasteiger partial charge is 0.407 e. The molecule has 0 aliphatic heterocycles. The van der Waals surface area contributed by atoms with E-state index in [1.54, 1.807) is 19.1 Å². The summed E-state index contributed by atoms with van der Waals surface area (Å²) in [6.45, 7) is 5.18. The quantitative estimate of drug-likeness (QED) is 0.462. The first-order valence-corrected chi connectivity index (χ1v) is 13.4. The van der Waals surface area contributed by atoms with Crippen molar-refractivity contribution < 1.29 is 26.4 Å². The van der Waals surface area contributed by atoms with Gasteiger partial charge in [0.05, 0.1) is 22.8 Å². The van der Waals surface area contributed by atoms with Gasteiger partial charge in [-0.05, 0) is 54.0 Å². The number of carbonyl (C=O) groups is 1. The van der Waals surface area contributed by atoms with Crippen LogP contribution in [0.15, 0.2) is 53.4 Å². The first-order chi connectivity index (χ1) is 16.8. The van der Waals surface area contributed by atoms with E-state index in [1.807, 2.05) is 19.9 Å². The van der Waals surface area contributed by atoms with E-state index in [2.05, 4.69) is 10.6 Å². The minimum Gasteiger partial charge on any atom is -0.336 e. The normalized spacial score (nSPS) is 16.7. The van der Waals surface area contributed by atoms with Crippen LogP contribution in [0.5, 0.6) is 0 Å². The van der Waals surface area contributed by atoms with E-state index < -0.39 is 39.5 Å². The average molecular weight is 522 g/mol. The second kappa shape index (κ2) is 10.6. The van der Waals surface area contributed by atoms with Gasteiger partial charge in [0.25, 0.3) is 0 Å². The summed E-state index contributed by atoms with van der Waals surface area (Å²) in [7, 11) is -3.35. The van der Waals surface area contributed by atoms with Crippen LogP contribution in [0.4, 0.5) is 13.2 Å². The summed E-state index contributed by atoms with van der Waals surface area (Å²) in [4.78, 5) is 13.0. The number of hydrogen-bond acceptors (Lipinski definition) is 5. The SMILES string of the molecule is CCS(=O)(=O)c1ccc(-c2ccc([C@H](N[C@@H](CC(C)C)C(=O)NC3(C#N)CC3)C(F)(F)F)cc2)cc1. The third-order valence-corrected chi connectivity index (χ3v) is 7.97. The van der Waals surface area contributed by atoms with Gasteiger partial charge in [-0.15, -0.1) is 0 Å². The Hall–Kier alpha value is -2.90. The summed E-state index contributed by atoms with van der Waals surface area (Å²) < 4.78 is 66.3. The highest BCUT2D eigenvalue weighted by atomic mass is 32.2. The monoisotopic (exact) mass is 521 g/mol. The fourth-order valence-corrected chi connectivity index (χ4v) is 4.79. The maximum atomic E-state index is 14.1. The van der Waals surface area contributed by atoms with Crippen LogP contribution in [0.25, 0.3) is 11.1 Å². The molecule has 0 aromatic heterocycles. The molecule has 3 rings (SSSR count). The third kappa shape index (κ3) is 6.65. The van der Waals surface area contributed by atoms with Gasteiger partial charge < -0.3 is 5.32 Å². The summed E-state index contributed by atoms with van der Waals surface area (Å²) in [5, 5.41) is 14.4. The van der Waals surface area contributed by atoms with Crippen LogP contribution in [-0.2, 0) is 14.6 Å². The Morgan fingerprint density at radius 2 is 1.58 bits per heavy atom. The number of alkyl halides is 3. The highest BCUT2D eigenvalue weighted by Crippen LogP contribution is 2.36. The van der Waals surface area contributed by atoms with E-state index in [1.165, 1.54) is 36.4 Å². The summed E-state index contributed by atoms with van der Waals surface area (Å²) >= 11 is 0. The fraction of sp³-hybridized carbons (Fsp3) is 0.462. The zero-order valence-electron chi connectivity index (χ0n) is 20.4. The lowest BCUT2D eigenvalue weighted by Gasteiger charge is -2.29. The number of halogens is 3. The van der Waals surface area contributed by atoms with Gasteiger partial charge in [-0.3, -0.25) is 10.1 Å². The molecule has 6 nitrogen and oxygen atoms in total. The number of rotatable bonds is 10. The molecule has 2 aromatic rings. The Morgan fingerprint density at radius 1 is 1.06 bits per heavy atom. The molecule has 10 heteroatoms. The summed E-state index contributed by atoms with van der Waals surface area (Å²) in [6.07, 6.45) is -3.52. The lowest BCUT2D eigenvalue weighted by Crippen LogP contribution is -2.52. The van der Waals surface area contributed by atoms with Crippen LogP contribution in [0, 0.1) is 17.2 Å². The van der Waals surface area contributed by atoms with Crippen molar-refractivity contribution in [3.8, 4) is 17.2 Å². The van der Waals surface area contributed by atoms with Crippen LogP contribution in [0.1, 0.15) is 51.6 Å². The summed E-state index contributed by atoms with van der Waals surface area (Å²) in [6, 6.07) is 10.8. The maximum absolute atomic E-state index is 14.1. The average Bonchev–Trinajstić information content (AvgIpc) is 3.60. The fourth-order valence-electron chi connectivity index (χ4n) is 3.91. The van der Waals surface area contributed by atoms with Crippen molar-refractivity contribution in [2.24, 2.45) is 5.92 Å². The predicted molar refractivity (Wildman–Crippen MR) is 131 cm³/mol. The molecule has 0 bridgehead atoms. The second-order valence-electron chi connectivity index (χ2n) is 9.56. The molecule has 1 fully saturated rings. The van der Waals surface area contributed by atoms with Gasteiger partial charge in [-0.25, -0.2) is 8.42 Å². The smallest absolute Gasteiger partial charge is 0.336 e. The minimum absolute atomic E-state index is 0.0276. The lowest BCUT2D eigenvalue weighted by molar-refractivity contribution is -0.161. The van der Waals surface area contributed by atoms with E-state index >= 15 is 0 Å². The molecule has 1 aliphatic rings. The Morgan fingerprint density at radius 3 is 2.00 bits per heavy atom. The Bertz CT molecular complexity index is 1210. The summed E-state index contributed by atoms with van der Waals surface area (Å²) in [5.41, 5.74) is 0.257. The molecule has 2 aromatic carbocycles. The van der Waals surface area contributed by atoms with Gasteiger partial charge in [0, 0.05) is 0 Å². The van der Waals surface area contributed by atoms with Crippen molar-refractivity contribution in [3.05, 3.63) is 54.1 Å². The number of hydrogen-bond donors (Lipinski definition) is 2. The molecular weight excluding hydrogens is 491 g/mol. The number of nitrogens with one attached hydrogen (secondary N) is 2. The molecule has 0 unspecified atom stereocenters. The van der Waals surface area contributed by atoms with Gasteiger partial charge in [-0.2, -0.15) is 18.4 Å². The number of nitrogens with zero attached hydrogens (tertiary/aromatic N) is 1. The molecule has 2 N–H and O–H groups in total. The third-order valence-electron chi connectivity index (χ3n) is 6.22. The van der Waals surface area contributed by atoms with Gasteiger partial charge in [0.2, 0.25) is 5.91 Å². The standard InChI is InChI=1S/C26H30F3N3O3S/c1-4-36(34,35)21-11-9-19(10-12-21)18-5-7-20(8-6-18)23(26(27,28)29)31-22(15-17(2)3)24(33)32-25(16-30)13-14-25/h5-12,17,22-23,31H,4,13-15H2,1-3H3,(H,32,33)/t22-,23-/m0/s1. The van der Waals surface area contributed by atoms with Gasteiger partial charge >= 0.3 is 6.18 Å². The van der Waals surface area contributed by atoms with Crippen molar-refractivity contribution >= 4 is 15.7 Å². The highest BCUT2D eigenvalue weighted by Gasteiger charge is 2.47. The Kier molecular flexibility index (Phi) is 8.16. The first-order valence-electron chi connectivity index (χ1n) is 11.8. The van der Waals surface area contributed by atoms with E-state index in [9.17, 15) is 31.6 Å². The molecule has 0 radical (unpaired) electrons. The van der Waals surface area contributed by atoms with Crippen molar-refractivity contribution in [2.75, 3.05) is 5.75 Å². The van der Waals surface area contributed by atoms with Crippen molar-refractivity contribution in [2.45, 2.75) is 68.7 Å². The number of benzene rings is 2. The molecular formula is C26H30F3N3O3S. The van der Waals surface area contributed by atoms with Crippen molar-refractivity contribution in [3.63, 3.8) is 0 Å². The number of carbonyl (C=O) groups excluding carboxylic acids is 1. The molecule has 194 valence electrons. The maximum Gasteiger partial charge on any atom is 0.407 e. The van der Waals surface area contributed by atoms with Gasteiger partial charge in [-0.1, -0.05) is 57.2 Å². The van der Waals surface area contributed by atoms with Crippen molar-refractivity contribution in [1.29, 1.82) is 5.26 Å². The highest BCUT2D eigenvalue weighted by molar-refractivity contribution is 7.91. The van der Waals surface area contributed by atoms with Crippen LogP contribution in [0.2, 0.25) is 0 Å². The zero-order chi connectivity index (χ0) is 26.7. The van der Waals surface area contributed by atoms with Crippen LogP contribution < -0.4 is 10.6 Å². The summed E-state index contributed by atoms with van der Waals surface area (Å²) in [5.74, 6) is -0.697. The number of amides is 1. The van der Waals surface area contributed by atoms with Crippen LogP contribution in [0.3, 0.4) is 0 Å². The van der Waals surface area contributed by atoms with Crippen molar-refractivity contribution in [1.82, 2.24) is 10.6 Å². The Labute approximate surface area is 209 Å². The molecule has 36 heavy (non-hydrogen) atoms. The minimum atomic E-state index is -4.67. The van der Waals surface area contributed by atoms with E-state index in [0.717, 1.165) is 0 Å². The number of nitriles is 1. The Balaban J connectivity index is 1.83. The molecule has 1 aliphatic carbocycles. The number of sulfone groups is 1. The topological polar surface area (TPSA) is 99.1 Å². The predicted octanol–water partition coefficient (Wildman–Crippen LogP) is 4.93. The van der Waals surface area contributed by atoms with E-state index in [0.29, 0.717) is 24.0 Å². The van der Waals surface area contributed by atoms with Gasteiger partial charge in [0.15, 0.2) is 9.84 Å². The first kappa shape index (κ1) is 27.7. The zero-order valence-corrected chi connectivity index (χ0v) is 21.2. The molecule has 0 heterocycles. The molecule has 2 atom stereocenters. The van der Waals surface area contributed by atoms with E-state index in [-0.39, 0.29) is 28.6 Å². The second-order valence-corrected chi connectivity index (χ2v) is 11.8.